The van der Waals surface area contributed by atoms with Crippen molar-refractivity contribution >= 4 is 26.7 Å². The number of alkyl halides is 1. The van der Waals surface area contributed by atoms with Crippen molar-refractivity contribution in [2.45, 2.75) is 3.92 Å². The van der Waals surface area contributed by atoms with Crippen LogP contribution >= 0.6 is 11.6 Å². The maximum atomic E-state index is 11.4. The molecule has 0 bridgehead atoms. The summed E-state index contributed by atoms with van der Waals surface area (Å²) in [5, 5.41) is 1.75. The van der Waals surface area contributed by atoms with Gasteiger partial charge in [-0.05, 0) is 0 Å². The van der Waals surface area contributed by atoms with Gasteiger partial charge < -0.3 is 0 Å². The molecule has 84 valence electrons. The van der Waals surface area contributed by atoms with E-state index >= 15 is 0 Å². The van der Waals surface area contributed by atoms with Crippen molar-refractivity contribution in [3.63, 3.8) is 0 Å². The van der Waals surface area contributed by atoms with Crippen molar-refractivity contribution in [2.24, 2.45) is 0 Å². The third kappa shape index (κ3) is 2.25. The van der Waals surface area contributed by atoms with Crippen LogP contribution in [0.5, 0.6) is 0 Å². The van der Waals surface area contributed by atoms with Gasteiger partial charge in [-0.25, -0.2) is 0 Å². The van der Waals surface area contributed by atoms with Gasteiger partial charge in [0.15, 0.2) is 0 Å². The predicted octanol–water partition coefficient (Wildman–Crippen LogP) is -1.55. The molecule has 0 radical (unpaired) electrons. The molecule has 0 aliphatic carbocycles. The van der Waals surface area contributed by atoms with Crippen LogP contribution in [-0.4, -0.2) is 15.1 Å². The van der Waals surface area contributed by atoms with Crippen molar-refractivity contribution < 1.29 is 35.6 Å². The number of carbonyl (C=O) groups excluding carboxylic acids is 3. The fourth-order valence-corrected chi connectivity index (χ4v) is 3.66. The van der Waals surface area contributed by atoms with Gasteiger partial charge in [-0.2, -0.15) is 0 Å². The topological polar surface area (TPSA) is 63.2 Å². The zero-order chi connectivity index (χ0) is 11.7. The molecule has 2 rings (SSSR count). The third-order valence-electron chi connectivity index (χ3n) is 2.09. The molecular weight excluding hydrogens is 344 g/mol. The summed E-state index contributed by atoms with van der Waals surface area (Å²) in [4.78, 5) is 33.3. The first kappa shape index (κ1) is 11.5. The molecule has 16 heavy (non-hydrogen) atoms. The van der Waals surface area contributed by atoms with Gasteiger partial charge in [-0.15, -0.1) is 0 Å². The van der Waals surface area contributed by atoms with Gasteiger partial charge in [0.25, 0.3) is 0 Å². The number of amides is 2. The van der Waals surface area contributed by atoms with Gasteiger partial charge in [0, 0.05) is 0 Å². The maximum absolute atomic E-state index is 11.4. The Labute approximate surface area is 107 Å². The van der Waals surface area contributed by atoms with Crippen LogP contribution in [0.3, 0.4) is 0 Å². The number of imide groups is 1. The number of rotatable bonds is 2. The van der Waals surface area contributed by atoms with Gasteiger partial charge >= 0.3 is 107 Å². The number of hydrogen-bond acceptors (Lipinski definition) is 3. The van der Waals surface area contributed by atoms with Crippen LogP contribution in [0, 0.1) is 0 Å². The molecule has 0 saturated carbocycles. The van der Waals surface area contributed by atoms with Gasteiger partial charge in [0.05, 0.1) is 0 Å². The number of halogens is 2. The Balaban J connectivity index is 2.25. The first-order valence-corrected chi connectivity index (χ1v) is 7.06. The summed E-state index contributed by atoms with van der Waals surface area (Å²) >= 11 is 4.45. The fourth-order valence-electron chi connectivity index (χ4n) is 1.33. The van der Waals surface area contributed by atoms with Gasteiger partial charge in [-0.3, -0.25) is 0 Å². The summed E-state index contributed by atoms with van der Waals surface area (Å²) in [5.41, 5.74) is 1.14. The van der Waals surface area contributed by atoms with Crippen molar-refractivity contribution in [3.8, 4) is 0 Å². The van der Waals surface area contributed by atoms with E-state index in [4.69, 9.17) is 11.6 Å². The summed E-state index contributed by atoms with van der Waals surface area (Å²) in [7, 11) is 0. The van der Waals surface area contributed by atoms with Crippen LogP contribution in [0.2, 0.25) is 0 Å². The molecule has 1 N–H and O–H groups in total. The molecule has 6 heteroatoms. The van der Waals surface area contributed by atoms with Crippen LogP contribution in [-0.2, 0) is 4.79 Å². The van der Waals surface area contributed by atoms with E-state index in [1.807, 2.05) is 0 Å². The second-order valence-electron chi connectivity index (χ2n) is 3.13. The van der Waals surface area contributed by atoms with E-state index in [1.165, 1.54) is 0 Å². The molecule has 1 atom stereocenters. The third-order valence-corrected chi connectivity index (χ3v) is 5.05. The van der Waals surface area contributed by atoms with Crippen molar-refractivity contribution in [1.29, 1.82) is 0 Å². The van der Waals surface area contributed by atoms with E-state index in [9.17, 15) is 14.4 Å². The molecule has 2 amide bonds. The zero-order valence-electron chi connectivity index (χ0n) is 7.87. The average Bonchev–Trinajstić information content (AvgIpc) is 2.58. The Bertz CT molecular complexity index is 471. The predicted molar refractivity (Wildman–Crippen MR) is 52.9 cm³/mol. The van der Waals surface area contributed by atoms with Crippen LogP contribution < -0.4 is 26.5 Å². The van der Waals surface area contributed by atoms with Gasteiger partial charge in [-0.1, -0.05) is 0 Å². The van der Waals surface area contributed by atoms with E-state index in [-0.39, 0.29) is 13.7 Å². The van der Waals surface area contributed by atoms with E-state index in [1.54, 1.807) is 24.3 Å². The van der Waals surface area contributed by atoms with Gasteiger partial charge in [0.2, 0.25) is 0 Å². The molecule has 1 saturated heterocycles. The SMILES string of the molecule is O=C1NC(=O)C(c2ccc(C(=O)Cl)cc2)[I-]1. The van der Waals surface area contributed by atoms with E-state index in [2.05, 4.69) is 5.32 Å². The first-order valence-electron chi connectivity index (χ1n) is 4.36. The number of nitrogens with one attached hydrogen (secondary N) is 1. The molecular formula is C10H6ClINO3-. The second kappa shape index (κ2) is 4.50. The average molecular weight is 351 g/mol. The Hall–Kier alpha value is -0.950. The molecule has 1 aliphatic heterocycles. The molecule has 0 spiro atoms. The van der Waals surface area contributed by atoms with Crippen molar-refractivity contribution in [3.05, 3.63) is 35.4 Å². The summed E-state index contributed by atoms with van der Waals surface area (Å²) in [6.45, 7) is 0. The number of benzene rings is 1. The molecule has 1 aromatic rings. The zero-order valence-corrected chi connectivity index (χ0v) is 10.8. The van der Waals surface area contributed by atoms with Crippen molar-refractivity contribution in [2.75, 3.05) is 0 Å². The Morgan fingerprint density at radius 3 is 2.31 bits per heavy atom. The standard InChI is InChI=1S/C10H6ClINO3/c11-8(14)6-3-1-5(2-4-6)7-9(15)13-10(16)12-7/h1-4,7H,(H,13,15,16)/q-1. The van der Waals surface area contributed by atoms with Crippen molar-refractivity contribution in [1.82, 2.24) is 5.32 Å². The Morgan fingerprint density at radius 1 is 1.25 bits per heavy atom. The summed E-state index contributed by atoms with van der Waals surface area (Å²) in [6.07, 6.45) is 0. The molecule has 1 heterocycles. The minimum atomic E-state index is -0.848. The van der Waals surface area contributed by atoms with E-state index in [0.717, 1.165) is 5.56 Å². The normalized spacial score (nSPS) is 20.2. The van der Waals surface area contributed by atoms with E-state index in [0.29, 0.717) is 5.56 Å². The summed E-state index contributed by atoms with van der Waals surface area (Å²) in [5.74, 6) is -0.247. The van der Waals surface area contributed by atoms with Crippen LogP contribution in [0.15, 0.2) is 24.3 Å². The Morgan fingerprint density at radius 2 is 1.88 bits per heavy atom. The minimum absolute atomic E-state index is 0.161. The molecule has 4 nitrogen and oxygen atoms in total. The first-order chi connectivity index (χ1) is 7.58. The molecule has 1 unspecified atom stereocenters. The van der Waals surface area contributed by atoms with E-state index < -0.39 is 26.4 Å². The Kier molecular flexibility index (Phi) is 3.25. The van der Waals surface area contributed by atoms with Crippen LogP contribution in [0.4, 0.5) is 4.79 Å². The number of hydrogen-bond donors (Lipinski definition) is 1. The summed E-state index contributed by atoms with van der Waals surface area (Å²) in [6, 6.07) is 6.45. The quantitative estimate of drug-likeness (QED) is 0.304. The fraction of sp³-hybridized carbons (Fsp3) is 0.100. The van der Waals surface area contributed by atoms with Crippen LogP contribution in [0.1, 0.15) is 19.8 Å². The summed E-state index contributed by atoms with van der Waals surface area (Å²) < 4.78 is -0.503. The second-order valence-corrected chi connectivity index (χ2v) is 6.32. The molecule has 1 fully saturated rings. The van der Waals surface area contributed by atoms with Crippen LogP contribution in [0.25, 0.3) is 0 Å². The monoisotopic (exact) mass is 350 g/mol. The molecule has 1 aromatic carbocycles. The molecule has 1 aliphatic rings. The van der Waals surface area contributed by atoms with Gasteiger partial charge in [0.1, 0.15) is 0 Å². The molecule has 0 aromatic heterocycles. The number of carbonyl (C=O) groups is 3.